The first kappa shape index (κ1) is 18.7. The molecule has 0 aliphatic heterocycles. The molecule has 5 heteroatoms. The van der Waals surface area contributed by atoms with Crippen LogP contribution < -0.4 is 5.32 Å². The molecule has 2 aliphatic rings. The summed E-state index contributed by atoms with van der Waals surface area (Å²) in [5, 5.41) is 22.7. The summed E-state index contributed by atoms with van der Waals surface area (Å²) in [4.78, 5) is 14.9. The number of hydrogen-bond donors (Lipinski definition) is 2. The second kappa shape index (κ2) is 8.55. The Bertz CT molecular complexity index is 655. The summed E-state index contributed by atoms with van der Waals surface area (Å²) in [6, 6.07) is 10.0. The predicted octanol–water partition coefficient (Wildman–Crippen LogP) is 3.48. The van der Waals surface area contributed by atoms with E-state index in [2.05, 4.69) is 16.3 Å². The van der Waals surface area contributed by atoms with Crippen molar-refractivity contribution < 1.29 is 9.90 Å². The number of carbonyl (C=O) groups excluding carboxylic acids is 1. The third kappa shape index (κ3) is 4.56. The topological polar surface area (TPSA) is 76.4 Å². The number of para-hydroxylation sites is 1. The number of carbonyl (C=O) groups is 1. The monoisotopic (exact) mass is 355 g/mol. The van der Waals surface area contributed by atoms with Gasteiger partial charge in [0, 0.05) is 18.2 Å². The summed E-state index contributed by atoms with van der Waals surface area (Å²) in [6.07, 6.45) is 9.18. The van der Waals surface area contributed by atoms with Crippen molar-refractivity contribution in [2.24, 2.45) is 0 Å². The molecule has 0 spiro atoms. The lowest BCUT2D eigenvalue weighted by atomic mass is 9.83. The molecule has 2 fully saturated rings. The highest BCUT2D eigenvalue weighted by Gasteiger charge is 2.34. The second-order valence-electron chi connectivity index (χ2n) is 7.77. The van der Waals surface area contributed by atoms with Gasteiger partial charge < -0.3 is 10.4 Å². The van der Waals surface area contributed by atoms with E-state index in [1.54, 1.807) is 6.07 Å². The Kier molecular flexibility index (Phi) is 6.16. The second-order valence-corrected chi connectivity index (χ2v) is 7.77. The van der Waals surface area contributed by atoms with Gasteiger partial charge in [0.05, 0.1) is 12.6 Å². The smallest absolute Gasteiger partial charge is 0.235 e. The third-order valence-electron chi connectivity index (χ3n) is 5.85. The molecule has 0 radical (unpaired) electrons. The van der Waals surface area contributed by atoms with Crippen LogP contribution in [0.25, 0.3) is 0 Å². The average molecular weight is 355 g/mol. The van der Waals surface area contributed by atoms with Crippen molar-refractivity contribution in [3.63, 3.8) is 0 Å². The summed E-state index contributed by atoms with van der Waals surface area (Å²) in [7, 11) is 0. The minimum absolute atomic E-state index is 0.0734. The molecule has 5 nitrogen and oxygen atoms in total. The molecule has 140 valence electrons. The lowest BCUT2D eigenvalue weighted by molar-refractivity contribution is -0.124. The van der Waals surface area contributed by atoms with Gasteiger partial charge in [-0.05, 0) is 31.7 Å². The van der Waals surface area contributed by atoms with E-state index in [0.29, 0.717) is 12.6 Å². The number of hydrogen-bond acceptors (Lipinski definition) is 4. The first-order valence-electron chi connectivity index (χ1n) is 9.85. The van der Waals surface area contributed by atoms with E-state index in [1.807, 2.05) is 18.2 Å². The van der Waals surface area contributed by atoms with Crippen LogP contribution >= 0.6 is 0 Å². The summed E-state index contributed by atoms with van der Waals surface area (Å²) >= 11 is 0. The van der Waals surface area contributed by atoms with Crippen molar-refractivity contribution in [1.82, 2.24) is 10.2 Å². The van der Waals surface area contributed by atoms with Crippen molar-refractivity contribution in [2.75, 3.05) is 6.54 Å². The summed E-state index contributed by atoms with van der Waals surface area (Å²) in [5.41, 5.74) is 0.158. The van der Waals surface area contributed by atoms with E-state index in [9.17, 15) is 15.2 Å². The lowest BCUT2D eigenvalue weighted by Crippen LogP contribution is -2.52. The first-order valence-corrected chi connectivity index (χ1v) is 9.85. The normalized spacial score (nSPS) is 20.0. The molecular weight excluding hydrogens is 326 g/mol. The molecule has 0 bridgehead atoms. The van der Waals surface area contributed by atoms with Gasteiger partial charge in [-0.15, -0.1) is 0 Å². The van der Waals surface area contributed by atoms with Crippen LogP contribution in [0.15, 0.2) is 24.3 Å². The Labute approximate surface area is 156 Å². The fourth-order valence-electron chi connectivity index (χ4n) is 4.36. The van der Waals surface area contributed by atoms with Crippen LogP contribution in [0.4, 0.5) is 0 Å². The summed E-state index contributed by atoms with van der Waals surface area (Å²) < 4.78 is 0. The maximum Gasteiger partial charge on any atom is 0.235 e. The van der Waals surface area contributed by atoms with Crippen LogP contribution in [0.3, 0.4) is 0 Å². The van der Waals surface area contributed by atoms with Crippen LogP contribution in [0.5, 0.6) is 5.75 Å². The molecule has 2 saturated carbocycles. The Hall–Kier alpha value is -2.06. The number of nitrogens with one attached hydrogen (secondary N) is 1. The van der Waals surface area contributed by atoms with Gasteiger partial charge in [0.15, 0.2) is 0 Å². The number of phenols is 1. The largest absolute Gasteiger partial charge is 0.508 e. The van der Waals surface area contributed by atoms with E-state index in [-0.39, 0.29) is 18.2 Å². The Morgan fingerprint density at radius 1 is 1.19 bits per heavy atom. The maximum absolute atomic E-state index is 12.8. The lowest BCUT2D eigenvalue weighted by Gasteiger charge is -2.34. The van der Waals surface area contributed by atoms with Crippen molar-refractivity contribution in [2.45, 2.75) is 75.9 Å². The molecule has 1 amide bonds. The van der Waals surface area contributed by atoms with E-state index in [0.717, 1.165) is 50.5 Å². The van der Waals surface area contributed by atoms with Gasteiger partial charge in [-0.3, -0.25) is 9.69 Å². The van der Waals surface area contributed by atoms with E-state index in [1.165, 1.54) is 12.8 Å². The minimum Gasteiger partial charge on any atom is -0.508 e. The molecule has 0 heterocycles. The first-order chi connectivity index (χ1) is 12.6. The predicted molar refractivity (Wildman–Crippen MR) is 100 cm³/mol. The van der Waals surface area contributed by atoms with Gasteiger partial charge in [0.25, 0.3) is 0 Å². The molecule has 0 unspecified atom stereocenters. The van der Waals surface area contributed by atoms with Gasteiger partial charge in [0.1, 0.15) is 11.3 Å². The third-order valence-corrected chi connectivity index (χ3v) is 5.85. The molecule has 1 aromatic rings. The molecule has 2 N–H and O–H groups in total. The average Bonchev–Trinajstić information content (AvgIpc) is 3.18. The zero-order valence-electron chi connectivity index (χ0n) is 15.4. The standard InChI is InChI=1S/C21H29N3O2/c22-16-21(12-6-1-7-13-21)23-20(26)15-24(18-9-3-4-10-18)14-17-8-2-5-11-19(17)25/h2,5,8,11,18,25H,1,3-4,6-7,9-10,12-15H2,(H,23,26). The van der Waals surface area contributed by atoms with Gasteiger partial charge in [-0.25, -0.2) is 0 Å². The Morgan fingerprint density at radius 3 is 2.54 bits per heavy atom. The van der Waals surface area contributed by atoms with E-state index < -0.39 is 5.54 Å². The highest BCUT2D eigenvalue weighted by molar-refractivity contribution is 5.79. The number of nitrogens with zero attached hydrogens (tertiary/aromatic N) is 2. The van der Waals surface area contributed by atoms with Crippen LogP contribution in [0.1, 0.15) is 63.4 Å². The van der Waals surface area contributed by atoms with Gasteiger partial charge in [-0.1, -0.05) is 50.3 Å². The highest BCUT2D eigenvalue weighted by atomic mass is 16.3. The number of nitriles is 1. The fraction of sp³-hybridized carbons (Fsp3) is 0.619. The number of benzene rings is 1. The number of phenolic OH excluding ortho intramolecular Hbond substituents is 1. The molecule has 0 aromatic heterocycles. The number of amides is 1. The van der Waals surface area contributed by atoms with E-state index in [4.69, 9.17) is 0 Å². The molecular formula is C21H29N3O2. The Balaban J connectivity index is 1.68. The van der Waals surface area contributed by atoms with Gasteiger partial charge >= 0.3 is 0 Å². The highest BCUT2D eigenvalue weighted by Crippen LogP contribution is 2.29. The molecule has 1 aromatic carbocycles. The van der Waals surface area contributed by atoms with Gasteiger partial charge in [0.2, 0.25) is 5.91 Å². The maximum atomic E-state index is 12.8. The molecule has 0 atom stereocenters. The van der Waals surface area contributed by atoms with Gasteiger partial charge in [-0.2, -0.15) is 5.26 Å². The van der Waals surface area contributed by atoms with Crippen LogP contribution in [-0.2, 0) is 11.3 Å². The Morgan fingerprint density at radius 2 is 1.88 bits per heavy atom. The van der Waals surface area contributed by atoms with Crippen molar-refractivity contribution >= 4 is 5.91 Å². The summed E-state index contributed by atoms with van der Waals surface area (Å²) in [5.74, 6) is 0.201. The zero-order chi connectivity index (χ0) is 18.4. The molecule has 26 heavy (non-hydrogen) atoms. The molecule has 3 rings (SSSR count). The van der Waals surface area contributed by atoms with Crippen molar-refractivity contribution in [1.29, 1.82) is 5.26 Å². The minimum atomic E-state index is -0.689. The number of rotatable bonds is 6. The zero-order valence-corrected chi connectivity index (χ0v) is 15.4. The summed E-state index contributed by atoms with van der Waals surface area (Å²) in [6.45, 7) is 0.840. The quantitative estimate of drug-likeness (QED) is 0.819. The molecule has 2 aliphatic carbocycles. The van der Waals surface area contributed by atoms with Crippen LogP contribution in [0, 0.1) is 11.3 Å². The number of aromatic hydroxyl groups is 1. The van der Waals surface area contributed by atoms with Crippen molar-refractivity contribution in [3.05, 3.63) is 29.8 Å². The van der Waals surface area contributed by atoms with Crippen molar-refractivity contribution in [3.8, 4) is 11.8 Å². The van der Waals surface area contributed by atoms with E-state index >= 15 is 0 Å². The van der Waals surface area contributed by atoms with Crippen LogP contribution in [0.2, 0.25) is 0 Å². The fourth-order valence-corrected chi connectivity index (χ4v) is 4.36. The molecule has 0 saturated heterocycles. The van der Waals surface area contributed by atoms with Crippen LogP contribution in [-0.4, -0.2) is 34.0 Å². The SMILES string of the molecule is N#CC1(NC(=O)CN(Cc2ccccc2O)C2CCCC2)CCCCC1.